The van der Waals surface area contributed by atoms with E-state index in [0.717, 1.165) is 18.4 Å². The summed E-state index contributed by atoms with van der Waals surface area (Å²) in [4.78, 5) is 29.9. The van der Waals surface area contributed by atoms with Gasteiger partial charge in [-0.2, -0.15) is 0 Å². The molecule has 1 amide bonds. The number of carbonyl (C=O) groups excluding carboxylic acids is 1. The lowest BCUT2D eigenvalue weighted by Gasteiger charge is -2.15. The molecular formula is C22H24FN3O2S. The Kier molecular flexibility index (Phi) is 7.04. The molecule has 0 saturated carbocycles. The van der Waals surface area contributed by atoms with Crippen LogP contribution in [0.2, 0.25) is 0 Å². The van der Waals surface area contributed by atoms with Gasteiger partial charge in [0.25, 0.3) is 5.56 Å². The van der Waals surface area contributed by atoms with Crippen LogP contribution in [0.4, 0.5) is 4.39 Å². The van der Waals surface area contributed by atoms with Crippen molar-refractivity contribution in [1.82, 2.24) is 14.9 Å². The number of fused-ring (bicyclic) bond motifs is 1. The van der Waals surface area contributed by atoms with E-state index < -0.39 is 0 Å². The number of hydrogen-bond donors (Lipinski definition) is 1. The number of nitrogens with one attached hydrogen (secondary N) is 1. The minimum atomic E-state index is -0.310. The number of benzene rings is 2. The van der Waals surface area contributed by atoms with Gasteiger partial charge in [0.1, 0.15) is 5.82 Å². The highest BCUT2D eigenvalue weighted by molar-refractivity contribution is 7.99. The molecule has 2 aromatic carbocycles. The zero-order chi connectivity index (χ0) is 20.8. The van der Waals surface area contributed by atoms with E-state index in [9.17, 15) is 14.0 Å². The maximum absolute atomic E-state index is 13.1. The summed E-state index contributed by atoms with van der Waals surface area (Å²) in [7, 11) is 0. The zero-order valence-electron chi connectivity index (χ0n) is 16.5. The molecule has 0 bridgehead atoms. The molecule has 0 spiro atoms. The number of halogens is 1. The quantitative estimate of drug-likeness (QED) is 0.442. The third kappa shape index (κ3) is 5.23. The molecule has 1 atom stereocenters. The summed E-state index contributed by atoms with van der Waals surface area (Å²) < 4.78 is 14.7. The van der Waals surface area contributed by atoms with Crippen molar-refractivity contribution in [1.29, 1.82) is 0 Å². The minimum absolute atomic E-state index is 0.0772. The highest BCUT2D eigenvalue weighted by Crippen LogP contribution is 2.19. The summed E-state index contributed by atoms with van der Waals surface area (Å²) >= 11 is 1.25. The molecule has 0 aliphatic carbocycles. The van der Waals surface area contributed by atoms with Gasteiger partial charge in [0.15, 0.2) is 5.16 Å². The van der Waals surface area contributed by atoms with Crippen LogP contribution in [0.15, 0.2) is 58.5 Å². The second kappa shape index (κ2) is 9.69. The molecule has 0 saturated heterocycles. The molecule has 5 nitrogen and oxygen atoms in total. The van der Waals surface area contributed by atoms with Crippen molar-refractivity contribution in [3.63, 3.8) is 0 Å². The van der Waals surface area contributed by atoms with E-state index in [0.29, 0.717) is 22.6 Å². The first-order chi connectivity index (χ1) is 14.0. The SMILES string of the molecule is CCCCn1c(SCC(=O)N[C@H](C)c2ccc(F)cc2)nc2ccccc2c1=O. The highest BCUT2D eigenvalue weighted by atomic mass is 32.2. The lowest BCUT2D eigenvalue weighted by Crippen LogP contribution is -2.29. The van der Waals surface area contributed by atoms with Crippen LogP contribution in [0, 0.1) is 5.82 Å². The van der Waals surface area contributed by atoms with Gasteiger partial charge < -0.3 is 5.32 Å². The van der Waals surface area contributed by atoms with Crippen LogP contribution in [0.3, 0.4) is 0 Å². The fraction of sp³-hybridized carbons (Fsp3) is 0.318. The second-order valence-electron chi connectivity index (χ2n) is 6.85. The van der Waals surface area contributed by atoms with Gasteiger partial charge in [-0.05, 0) is 43.2 Å². The van der Waals surface area contributed by atoms with Crippen LogP contribution in [0.5, 0.6) is 0 Å². The second-order valence-corrected chi connectivity index (χ2v) is 7.79. The average molecular weight is 414 g/mol. The molecule has 0 aliphatic rings. The lowest BCUT2D eigenvalue weighted by atomic mass is 10.1. The smallest absolute Gasteiger partial charge is 0.262 e. The molecule has 3 rings (SSSR count). The Bertz CT molecular complexity index is 1050. The molecule has 0 aliphatic heterocycles. The monoisotopic (exact) mass is 413 g/mol. The number of rotatable bonds is 8. The van der Waals surface area contributed by atoms with Gasteiger partial charge >= 0.3 is 0 Å². The number of para-hydroxylation sites is 1. The van der Waals surface area contributed by atoms with Gasteiger partial charge in [-0.15, -0.1) is 0 Å². The Balaban J connectivity index is 1.74. The van der Waals surface area contributed by atoms with Gasteiger partial charge in [0, 0.05) is 6.54 Å². The number of amides is 1. The van der Waals surface area contributed by atoms with Crippen LogP contribution >= 0.6 is 11.8 Å². The number of nitrogens with zero attached hydrogens (tertiary/aromatic N) is 2. The Morgan fingerprint density at radius 2 is 1.93 bits per heavy atom. The van der Waals surface area contributed by atoms with Crippen LogP contribution in [0.1, 0.15) is 38.3 Å². The van der Waals surface area contributed by atoms with Gasteiger partial charge in [-0.1, -0.05) is 49.4 Å². The first kappa shape index (κ1) is 21.0. The topological polar surface area (TPSA) is 64.0 Å². The Hall–Kier alpha value is -2.67. The summed E-state index contributed by atoms with van der Waals surface area (Å²) in [6, 6.07) is 13.1. The first-order valence-electron chi connectivity index (χ1n) is 9.66. The number of thioether (sulfide) groups is 1. The standard InChI is InChI=1S/C22H24FN3O2S/c1-3-4-13-26-21(28)18-7-5-6-8-19(18)25-22(26)29-14-20(27)24-15(2)16-9-11-17(23)12-10-16/h5-12,15H,3-4,13-14H2,1-2H3,(H,24,27)/t15-/m1/s1. The van der Waals surface area contributed by atoms with E-state index in [1.165, 1.54) is 23.9 Å². The molecule has 152 valence electrons. The van der Waals surface area contributed by atoms with Crippen LogP contribution in [-0.2, 0) is 11.3 Å². The van der Waals surface area contributed by atoms with Crippen molar-refractivity contribution in [2.75, 3.05) is 5.75 Å². The van der Waals surface area contributed by atoms with E-state index in [-0.39, 0.29) is 29.1 Å². The fourth-order valence-corrected chi connectivity index (χ4v) is 3.86. The third-order valence-electron chi connectivity index (χ3n) is 4.64. The molecule has 1 aromatic heterocycles. The molecule has 0 unspecified atom stereocenters. The van der Waals surface area contributed by atoms with E-state index in [1.807, 2.05) is 25.1 Å². The van der Waals surface area contributed by atoms with Crippen molar-refractivity contribution in [3.8, 4) is 0 Å². The molecule has 0 fully saturated rings. The van der Waals surface area contributed by atoms with Crippen LogP contribution < -0.4 is 10.9 Å². The highest BCUT2D eigenvalue weighted by Gasteiger charge is 2.14. The Morgan fingerprint density at radius 1 is 1.21 bits per heavy atom. The number of unbranched alkanes of at least 4 members (excludes halogenated alkanes) is 1. The predicted molar refractivity (Wildman–Crippen MR) is 115 cm³/mol. The summed E-state index contributed by atoms with van der Waals surface area (Å²) in [6.07, 6.45) is 1.82. The van der Waals surface area contributed by atoms with E-state index in [2.05, 4.69) is 17.2 Å². The third-order valence-corrected chi connectivity index (χ3v) is 5.62. The minimum Gasteiger partial charge on any atom is -0.349 e. The van der Waals surface area contributed by atoms with Gasteiger partial charge in [-0.3, -0.25) is 14.2 Å². The lowest BCUT2D eigenvalue weighted by molar-refractivity contribution is -0.119. The number of aromatic nitrogens is 2. The number of hydrogen-bond acceptors (Lipinski definition) is 4. The van der Waals surface area contributed by atoms with Crippen molar-refractivity contribution < 1.29 is 9.18 Å². The predicted octanol–water partition coefficient (Wildman–Crippen LogP) is 4.31. The van der Waals surface area contributed by atoms with Crippen molar-refractivity contribution in [2.45, 2.75) is 44.4 Å². The van der Waals surface area contributed by atoms with Crippen LogP contribution in [0.25, 0.3) is 10.9 Å². The van der Waals surface area contributed by atoms with E-state index >= 15 is 0 Å². The van der Waals surface area contributed by atoms with Crippen LogP contribution in [-0.4, -0.2) is 21.2 Å². The first-order valence-corrected chi connectivity index (χ1v) is 10.7. The van der Waals surface area contributed by atoms with Gasteiger partial charge in [-0.25, -0.2) is 9.37 Å². The summed E-state index contributed by atoms with van der Waals surface area (Å²) in [6.45, 7) is 4.49. The maximum Gasteiger partial charge on any atom is 0.262 e. The maximum atomic E-state index is 13.1. The number of carbonyl (C=O) groups is 1. The zero-order valence-corrected chi connectivity index (χ0v) is 17.3. The van der Waals surface area contributed by atoms with Gasteiger partial charge in [0.2, 0.25) is 5.91 Å². The molecular weight excluding hydrogens is 389 g/mol. The Labute approximate surface area is 173 Å². The molecule has 7 heteroatoms. The summed E-state index contributed by atoms with van der Waals surface area (Å²) in [5.41, 5.74) is 1.38. The molecule has 0 radical (unpaired) electrons. The Morgan fingerprint density at radius 3 is 2.66 bits per heavy atom. The van der Waals surface area contributed by atoms with Crippen molar-refractivity contribution in [2.24, 2.45) is 0 Å². The largest absolute Gasteiger partial charge is 0.349 e. The normalized spacial score (nSPS) is 12.1. The summed E-state index contributed by atoms with van der Waals surface area (Å²) in [5.74, 6) is -0.339. The molecule has 29 heavy (non-hydrogen) atoms. The molecule has 1 heterocycles. The van der Waals surface area contributed by atoms with Gasteiger partial charge in [0.05, 0.1) is 22.7 Å². The average Bonchev–Trinajstić information content (AvgIpc) is 2.72. The van der Waals surface area contributed by atoms with E-state index in [1.54, 1.807) is 22.8 Å². The van der Waals surface area contributed by atoms with Crippen molar-refractivity contribution >= 4 is 28.6 Å². The fourth-order valence-electron chi connectivity index (χ4n) is 3.02. The molecule has 3 aromatic rings. The van der Waals surface area contributed by atoms with Crippen molar-refractivity contribution in [3.05, 3.63) is 70.3 Å². The molecule has 1 N–H and O–H groups in total. The van der Waals surface area contributed by atoms with E-state index in [4.69, 9.17) is 0 Å². The summed E-state index contributed by atoms with van der Waals surface area (Å²) in [5, 5.41) is 4.04.